The number of nitrogens with one attached hydrogen (secondary N) is 2. The second-order valence-electron chi connectivity index (χ2n) is 9.17. The maximum absolute atomic E-state index is 12.9. The Hall–Kier alpha value is -2.86. The molecule has 2 heterocycles. The van der Waals surface area contributed by atoms with Crippen LogP contribution in [0.25, 0.3) is 0 Å². The first-order valence-corrected chi connectivity index (χ1v) is 12.4. The first-order chi connectivity index (χ1) is 16.2. The molecular formula is C27H36N4O2. The smallest absolute Gasteiger partial charge is 0.253 e. The summed E-state index contributed by atoms with van der Waals surface area (Å²) in [6, 6.07) is 17.9. The molecule has 2 fully saturated rings. The molecule has 6 heteroatoms. The third-order valence-corrected chi connectivity index (χ3v) is 6.72. The molecule has 2 aliphatic heterocycles. The van der Waals surface area contributed by atoms with Gasteiger partial charge in [0, 0.05) is 37.9 Å². The van der Waals surface area contributed by atoms with Crippen molar-refractivity contribution in [2.24, 2.45) is 0 Å². The van der Waals surface area contributed by atoms with Crippen LogP contribution in [0.3, 0.4) is 0 Å². The zero-order chi connectivity index (χ0) is 22.9. The van der Waals surface area contributed by atoms with E-state index in [0.29, 0.717) is 13.0 Å². The van der Waals surface area contributed by atoms with Gasteiger partial charge in [-0.05, 0) is 56.5 Å². The summed E-state index contributed by atoms with van der Waals surface area (Å²) in [4.78, 5) is 30.0. The SMILES string of the molecule is O=C(Cc1ccccc1)NC1CCN(c2ccccc2C(=O)NCCN2CCCCC2)CC1. The van der Waals surface area contributed by atoms with Crippen molar-refractivity contribution in [2.75, 3.05) is 44.2 Å². The number of carbonyl (C=O) groups is 2. The van der Waals surface area contributed by atoms with Crippen LogP contribution in [0.5, 0.6) is 0 Å². The highest BCUT2D eigenvalue weighted by atomic mass is 16.2. The molecule has 0 atom stereocenters. The molecule has 0 bridgehead atoms. The zero-order valence-corrected chi connectivity index (χ0v) is 19.5. The lowest BCUT2D eigenvalue weighted by molar-refractivity contribution is -0.121. The predicted octanol–water partition coefficient (Wildman–Crippen LogP) is 3.23. The number of likely N-dealkylation sites (tertiary alicyclic amines) is 1. The van der Waals surface area contributed by atoms with Crippen LogP contribution in [0.1, 0.15) is 48.0 Å². The summed E-state index contributed by atoms with van der Waals surface area (Å²) in [6.45, 7) is 5.54. The number of hydrogen-bond acceptors (Lipinski definition) is 4. The van der Waals surface area contributed by atoms with Crippen molar-refractivity contribution in [1.82, 2.24) is 15.5 Å². The average Bonchev–Trinajstić information content (AvgIpc) is 2.86. The number of carbonyl (C=O) groups excluding carboxylic acids is 2. The van der Waals surface area contributed by atoms with Gasteiger partial charge >= 0.3 is 0 Å². The van der Waals surface area contributed by atoms with Crippen molar-refractivity contribution in [3.8, 4) is 0 Å². The van der Waals surface area contributed by atoms with Crippen molar-refractivity contribution in [3.63, 3.8) is 0 Å². The predicted molar refractivity (Wildman–Crippen MR) is 133 cm³/mol. The van der Waals surface area contributed by atoms with E-state index in [-0.39, 0.29) is 17.9 Å². The van der Waals surface area contributed by atoms with Crippen LogP contribution in [0.2, 0.25) is 0 Å². The molecule has 2 amide bonds. The Morgan fingerprint density at radius 1 is 0.848 bits per heavy atom. The first-order valence-electron chi connectivity index (χ1n) is 12.4. The van der Waals surface area contributed by atoms with Gasteiger partial charge in [0.2, 0.25) is 5.91 Å². The molecule has 0 aromatic heterocycles. The summed E-state index contributed by atoms with van der Waals surface area (Å²) in [5.74, 6) is 0.0778. The van der Waals surface area contributed by atoms with E-state index in [0.717, 1.165) is 62.4 Å². The van der Waals surface area contributed by atoms with Gasteiger partial charge in [-0.2, -0.15) is 0 Å². The van der Waals surface area contributed by atoms with E-state index in [1.807, 2.05) is 54.6 Å². The Bertz CT molecular complexity index is 903. The zero-order valence-electron chi connectivity index (χ0n) is 19.5. The highest BCUT2D eigenvalue weighted by Gasteiger charge is 2.24. The summed E-state index contributed by atoms with van der Waals surface area (Å²) in [6.07, 6.45) is 6.03. The van der Waals surface area contributed by atoms with Gasteiger partial charge in [0.05, 0.1) is 12.0 Å². The number of nitrogens with zero attached hydrogens (tertiary/aromatic N) is 2. The standard InChI is InChI=1S/C27H36N4O2/c32-26(21-22-9-3-1-4-10-22)29-23-13-18-31(19-14-23)25-12-6-5-11-24(25)27(33)28-15-20-30-16-7-2-8-17-30/h1,3-6,9-12,23H,2,7-8,13-21H2,(H,28,33)(H,29,32). The van der Waals surface area contributed by atoms with E-state index in [9.17, 15) is 9.59 Å². The lowest BCUT2D eigenvalue weighted by Gasteiger charge is -2.35. The molecule has 0 radical (unpaired) electrons. The number of anilines is 1. The molecular weight excluding hydrogens is 412 g/mol. The molecule has 2 aromatic rings. The van der Waals surface area contributed by atoms with Crippen molar-refractivity contribution < 1.29 is 9.59 Å². The van der Waals surface area contributed by atoms with Crippen LogP contribution in [0.4, 0.5) is 5.69 Å². The number of para-hydroxylation sites is 1. The number of piperidine rings is 2. The van der Waals surface area contributed by atoms with Gasteiger partial charge in [-0.25, -0.2) is 0 Å². The van der Waals surface area contributed by atoms with Crippen LogP contribution in [0, 0.1) is 0 Å². The van der Waals surface area contributed by atoms with Crippen molar-refractivity contribution in [3.05, 3.63) is 65.7 Å². The minimum absolute atomic E-state index is 0.000830. The summed E-state index contributed by atoms with van der Waals surface area (Å²) in [5, 5.41) is 6.31. The molecule has 2 aromatic carbocycles. The van der Waals surface area contributed by atoms with E-state index in [2.05, 4.69) is 20.4 Å². The molecule has 0 aliphatic carbocycles. The molecule has 4 rings (SSSR count). The van der Waals surface area contributed by atoms with Crippen LogP contribution in [0.15, 0.2) is 54.6 Å². The van der Waals surface area contributed by atoms with Gasteiger partial charge in [-0.1, -0.05) is 48.9 Å². The lowest BCUT2D eigenvalue weighted by Crippen LogP contribution is -2.45. The molecule has 0 spiro atoms. The molecule has 176 valence electrons. The number of amides is 2. The fraction of sp³-hybridized carbons (Fsp3) is 0.481. The highest BCUT2D eigenvalue weighted by molar-refractivity contribution is 5.99. The fourth-order valence-electron chi connectivity index (χ4n) is 4.87. The van der Waals surface area contributed by atoms with Crippen LogP contribution >= 0.6 is 0 Å². The molecule has 0 unspecified atom stereocenters. The van der Waals surface area contributed by atoms with Gasteiger partial charge < -0.3 is 20.4 Å². The Kier molecular flexibility index (Phi) is 8.36. The normalized spacial score (nSPS) is 17.5. The van der Waals surface area contributed by atoms with Gasteiger partial charge in [-0.3, -0.25) is 9.59 Å². The third-order valence-electron chi connectivity index (χ3n) is 6.72. The number of benzene rings is 2. The summed E-state index contributed by atoms with van der Waals surface area (Å²) in [5.41, 5.74) is 2.76. The molecule has 2 aliphatic rings. The van der Waals surface area contributed by atoms with E-state index in [1.165, 1.54) is 19.3 Å². The van der Waals surface area contributed by atoms with Crippen LogP contribution < -0.4 is 15.5 Å². The second-order valence-corrected chi connectivity index (χ2v) is 9.17. The Morgan fingerprint density at radius 3 is 2.30 bits per heavy atom. The van der Waals surface area contributed by atoms with Crippen LogP contribution in [-0.4, -0.2) is 62.0 Å². The van der Waals surface area contributed by atoms with Crippen molar-refractivity contribution in [1.29, 1.82) is 0 Å². The molecule has 6 nitrogen and oxygen atoms in total. The largest absolute Gasteiger partial charge is 0.371 e. The monoisotopic (exact) mass is 448 g/mol. The van der Waals surface area contributed by atoms with Crippen molar-refractivity contribution in [2.45, 2.75) is 44.6 Å². The fourth-order valence-corrected chi connectivity index (χ4v) is 4.87. The van der Waals surface area contributed by atoms with E-state index >= 15 is 0 Å². The third kappa shape index (κ3) is 6.81. The Labute approximate surface area is 197 Å². The number of rotatable bonds is 8. The van der Waals surface area contributed by atoms with Gasteiger partial charge in [-0.15, -0.1) is 0 Å². The van der Waals surface area contributed by atoms with E-state index < -0.39 is 0 Å². The summed E-state index contributed by atoms with van der Waals surface area (Å²) < 4.78 is 0. The summed E-state index contributed by atoms with van der Waals surface area (Å²) in [7, 11) is 0. The quantitative estimate of drug-likeness (QED) is 0.651. The topological polar surface area (TPSA) is 64.7 Å². The minimum Gasteiger partial charge on any atom is -0.371 e. The Morgan fingerprint density at radius 2 is 1.55 bits per heavy atom. The van der Waals surface area contributed by atoms with Gasteiger partial charge in [0.15, 0.2) is 0 Å². The lowest BCUT2D eigenvalue weighted by atomic mass is 10.0. The van der Waals surface area contributed by atoms with Crippen molar-refractivity contribution >= 4 is 17.5 Å². The molecule has 33 heavy (non-hydrogen) atoms. The first kappa shape index (κ1) is 23.3. The second kappa shape index (κ2) is 11.8. The van der Waals surface area contributed by atoms with Crippen LogP contribution in [-0.2, 0) is 11.2 Å². The molecule has 2 saturated heterocycles. The summed E-state index contributed by atoms with van der Waals surface area (Å²) >= 11 is 0. The van der Waals surface area contributed by atoms with E-state index in [1.54, 1.807) is 0 Å². The highest BCUT2D eigenvalue weighted by Crippen LogP contribution is 2.24. The molecule has 0 saturated carbocycles. The Balaban J connectivity index is 1.26. The maximum atomic E-state index is 12.9. The maximum Gasteiger partial charge on any atom is 0.253 e. The number of hydrogen-bond donors (Lipinski definition) is 2. The van der Waals surface area contributed by atoms with Gasteiger partial charge in [0.25, 0.3) is 5.91 Å². The minimum atomic E-state index is 0.000830. The average molecular weight is 449 g/mol. The van der Waals surface area contributed by atoms with E-state index in [4.69, 9.17) is 0 Å². The molecule has 2 N–H and O–H groups in total. The van der Waals surface area contributed by atoms with Gasteiger partial charge in [0.1, 0.15) is 0 Å².